The maximum Gasteiger partial charge on any atom is 0.225 e. The lowest BCUT2D eigenvalue weighted by atomic mass is 9.86. The molecule has 7 heteroatoms. The molecule has 1 amide bonds. The average molecular weight is 452 g/mol. The zero-order valence-corrected chi connectivity index (χ0v) is 19.8. The number of thiophene rings is 1. The van der Waals surface area contributed by atoms with Crippen LogP contribution in [0.1, 0.15) is 43.4 Å². The van der Waals surface area contributed by atoms with Gasteiger partial charge >= 0.3 is 0 Å². The smallest absolute Gasteiger partial charge is 0.225 e. The van der Waals surface area contributed by atoms with Gasteiger partial charge < -0.3 is 15.5 Å². The van der Waals surface area contributed by atoms with E-state index in [0.29, 0.717) is 24.3 Å². The minimum Gasteiger partial charge on any atom is -0.362 e. The molecule has 2 aromatic heterocycles. The maximum atomic E-state index is 12.3. The molecule has 0 bridgehead atoms. The Morgan fingerprint density at radius 1 is 1.09 bits per heavy atom. The largest absolute Gasteiger partial charge is 0.362 e. The van der Waals surface area contributed by atoms with Crippen LogP contribution in [-0.4, -0.2) is 42.6 Å². The lowest BCUT2D eigenvalue weighted by Crippen LogP contribution is -2.38. The van der Waals surface area contributed by atoms with Crippen LogP contribution in [0.25, 0.3) is 10.9 Å². The molecule has 3 aromatic rings. The first-order valence-electron chi connectivity index (χ1n) is 11.6. The van der Waals surface area contributed by atoms with Crippen LogP contribution in [0.3, 0.4) is 0 Å². The average Bonchev–Trinajstić information content (AvgIpc) is 3.31. The highest BCUT2D eigenvalue weighted by Crippen LogP contribution is 2.27. The Bertz CT molecular complexity index is 1010. The summed E-state index contributed by atoms with van der Waals surface area (Å²) in [6, 6.07) is 12.7. The van der Waals surface area contributed by atoms with Crippen molar-refractivity contribution in [3.05, 3.63) is 46.7 Å². The van der Waals surface area contributed by atoms with Crippen molar-refractivity contribution < 1.29 is 4.79 Å². The van der Waals surface area contributed by atoms with Crippen LogP contribution in [0.5, 0.6) is 0 Å². The lowest BCUT2D eigenvalue weighted by Gasteiger charge is -2.29. The van der Waals surface area contributed by atoms with Gasteiger partial charge in [-0.25, -0.2) is 4.98 Å². The molecule has 1 fully saturated rings. The first-order chi connectivity index (χ1) is 15.6. The summed E-state index contributed by atoms with van der Waals surface area (Å²) in [7, 11) is 4.02. The van der Waals surface area contributed by atoms with E-state index in [0.717, 1.165) is 61.8 Å². The summed E-state index contributed by atoms with van der Waals surface area (Å²) in [6.07, 6.45) is 6.85. The molecule has 0 unspecified atom stereocenters. The Hall–Kier alpha value is -2.67. The predicted octanol–water partition coefficient (Wildman–Crippen LogP) is 4.87. The number of nitrogens with one attached hydrogen (secondary N) is 2. The quantitative estimate of drug-likeness (QED) is 0.486. The molecule has 6 nitrogen and oxygen atoms in total. The monoisotopic (exact) mass is 451 g/mol. The van der Waals surface area contributed by atoms with Crippen LogP contribution in [-0.2, 0) is 11.2 Å². The number of amides is 1. The number of anilines is 2. The van der Waals surface area contributed by atoms with Crippen molar-refractivity contribution in [3.63, 3.8) is 0 Å². The van der Waals surface area contributed by atoms with Crippen LogP contribution in [0, 0.1) is 5.92 Å². The normalized spacial score (nSPS) is 18.4. The molecule has 32 heavy (non-hydrogen) atoms. The fourth-order valence-corrected chi connectivity index (χ4v) is 5.16. The summed E-state index contributed by atoms with van der Waals surface area (Å²) in [5, 5.41) is 9.87. The van der Waals surface area contributed by atoms with Crippen LogP contribution in [0.15, 0.2) is 41.8 Å². The van der Waals surface area contributed by atoms with Gasteiger partial charge in [-0.1, -0.05) is 18.2 Å². The van der Waals surface area contributed by atoms with Crippen LogP contribution < -0.4 is 15.5 Å². The van der Waals surface area contributed by atoms with Crippen molar-refractivity contribution in [1.29, 1.82) is 0 Å². The molecule has 2 heterocycles. The summed E-state index contributed by atoms with van der Waals surface area (Å²) in [5.41, 5.74) is 0.958. The zero-order valence-electron chi connectivity index (χ0n) is 19.0. The molecule has 4 rings (SSSR count). The van der Waals surface area contributed by atoms with E-state index in [4.69, 9.17) is 9.97 Å². The molecule has 0 saturated heterocycles. The minimum atomic E-state index is 0.198. The van der Waals surface area contributed by atoms with Gasteiger partial charge in [0.1, 0.15) is 5.82 Å². The maximum absolute atomic E-state index is 12.3. The van der Waals surface area contributed by atoms with E-state index in [1.165, 1.54) is 4.88 Å². The molecule has 1 saturated carbocycles. The standard InChI is InChI=1S/C25H33N5OS/c1-30(2)24-21-9-3-4-10-22(21)28-25(29-24)26-17-18-12-14-19(15-13-18)27-23(31)11-5-7-20-8-6-16-32-20/h3-4,6,8-10,16,18-19H,5,7,11-15,17H2,1-2H3,(H,27,31)(H,26,28,29). The Balaban J connectivity index is 1.21. The number of fused-ring (bicyclic) bond motifs is 1. The number of carbonyl (C=O) groups is 1. The van der Waals surface area contributed by atoms with Gasteiger partial charge in [-0.05, 0) is 68.0 Å². The molecule has 0 radical (unpaired) electrons. The Morgan fingerprint density at radius 2 is 1.91 bits per heavy atom. The highest BCUT2D eigenvalue weighted by atomic mass is 32.1. The van der Waals surface area contributed by atoms with Gasteiger partial charge in [-0.2, -0.15) is 4.98 Å². The first kappa shape index (κ1) is 22.5. The van der Waals surface area contributed by atoms with Gasteiger partial charge in [-0.3, -0.25) is 4.79 Å². The van der Waals surface area contributed by atoms with Gasteiger partial charge in [0.2, 0.25) is 11.9 Å². The number of rotatable bonds is 9. The third-order valence-corrected chi connectivity index (χ3v) is 7.11. The summed E-state index contributed by atoms with van der Waals surface area (Å²) in [5.74, 6) is 2.40. The van der Waals surface area contributed by atoms with Crippen molar-refractivity contribution >= 4 is 39.9 Å². The zero-order chi connectivity index (χ0) is 22.3. The van der Waals surface area contributed by atoms with Crippen molar-refractivity contribution in [3.8, 4) is 0 Å². The van der Waals surface area contributed by atoms with Crippen LogP contribution >= 0.6 is 11.3 Å². The highest BCUT2D eigenvalue weighted by molar-refractivity contribution is 7.09. The Labute approximate surface area is 194 Å². The fraction of sp³-hybridized carbons (Fsp3) is 0.480. The van der Waals surface area contributed by atoms with Gasteiger partial charge in [-0.15, -0.1) is 11.3 Å². The van der Waals surface area contributed by atoms with Gasteiger partial charge in [0.25, 0.3) is 0 Å². The number of nitrogens with zero attached hydrogens (tertiary/aromatic N) is 3. The molecule has 2 N–H and O–H groups in total. The van der Waals surface area contributed by atoms with E-state index in [1.54, 1.807) is 11.3 Å². The van der Waals surface area contributed by atoms with Gasteiger partial charge in [0, 0.05) is 43.4 Å². The van der Waals surface area contributed by atoms with E-state index >= 15 is 0 Å². The summed E-state index contributed by atoms with van der Waals surface area (Å²) >= 11 is 1.77. The van der Waals surface area contributed by atoms with Crippen LogP contribution in [0.2, 0.25) is 0 Å². The lowest BCUT2D eigenvalue weighted by molar-refractivity contribution is -0.122. The minimum absolute atomic E-state index is 0.198. The number of hydrogen-bond acceptors (Lipinski definition) is 6. The Morgan fingerprint density at radius 3 is 2.66 bits per heavy atom. The molecule has 1 aromatic carbocycles. The third-order valence-electron chi connectivity index (χ3n) is 6.17. The first-order valence-corrected chi connectivity index (χ1v) is 12.5. The molecule has 0 spiro atoms. The second-order valence-electron chi connectivity index (χ2n) is 8.88. The molecular formula is C25H33N5OS. The van der Waals surface area contributed by atoms with Crippen LogP contribution in [0.4, 0.5) is 11.8 Å². The second kappa shape index (κ2) is 10.8. The number of hydrogen-bond donors (Lipinski definition) is 2. The number of aromatic nitrogens is 2. The van der Waals surface area contributed by atoms with E-state index in [-0.39, 0.29) is 5.91 Å². The predicted molar refractivity (Wildman–Crippen MR) is 134 cm³/mol. The van der Waals surface area contributed by atoms with E-state index in [2.05, 4.69) is 34.2 Å². The highest BCUT2D eigenvalue weighted by Gasteiger charge is 2.22. The van der Waals surface area contributed by atoms with Crippen molar-refractivity contribution in [2.75, 3.05) is 30.9 Å². The molecule has 1 aliphatic rings. The molecule has 0 aliphatic heterocycles. The van der Waals surface area contributed by atoms with Crippen molar-refractivity contribution in [2.45, 2.75) is 51.0 Å². The topological polar surface area (TPSA) is 70.2 Å². The summed E-state index contributed by atoms with van der Waals surface area (Å²) in [6.45, 7) is 0.868. The van der Waals surface area contributed by atoms with Crippen molar-refractivity contribution in [2.24, 2.45) is 5.92 Å². The number of aryl methyl sites for hydroxylation is 1. The fourth-order valence-electron chi connectivity index (χ4n) is 4.40. The number of para-hydroxylation sites is 1. The van der Waals surface area contributed by atoms with E-state index in [9.17, 15) is 4.79 Å². The van der Waals surface area contributed by atoms with Crippen molar-refractivity contribution in [1.82, 2.24) is 15.3 Å². The number of benzene rings is 1. The summed E-state index contributed by atoms with van der Waals surface area (Å²) < 4.78 is 0. The molecular weight excluding hydrogens is 418 g/mol. The Kier molecular flexibility index (Phi) is 7.58. The molecule has 0 atom stereocenters. The summed E-state index contributed by atoms with van der Waals surface area (Å²) in [4.78, 5) is 25.1. The third kappa shape index (κ3) is 5.97. The second-order valence-corrected chi connectivity index (χ2v) is 9.91. The molecule has 170 valence electrons. The van der Waals surface area contributed by atoms with Gasteiger partial charge in [0.05, 0.1) is 5.52 Å². The SMILES string of the molecule is CN(C)c1nc(NCC2CCC(NC(=O)CCCc3cccs3)CC2)nc2ccccc12. The molecule has 1 aliphatic carbocycles. The van der Waals surface area contributed by atoms with E-state index in [1.807, 2.05) is 37.2 Å². The number of carbonyl (C=O) groups excluding carboxylic acids is 1. The van der Waals surface area contributed by atoms with E-state index < -0.39 is 0 Å². The van der Waals surface area contributed by atoms with Gasteiger partial charge in [0.15, 0.2) is 0 Å².